The Labute approximate surface area is 143 Å². The van der Waals surface area contributed by atoms with E-state index in [9.17, 15) is 14.0 Å². The van der Waals surface area contributed by atoms with Gasteiger partial charge in [0, 0.05) is 18.2 Å². The van der Waals surface area contributed by atoms with Gasteiger partial charge in [0.25, 0.3) is 5.91 Å². The summed E-state index contributed by atoms with van der Waals surface area (Å²) < 4.78 is 28.8. The van der Waals surface area contributed by atoms with E-state index in [2.05, 4.69) is 5.32 Å². The van der Waals surface area contributed by atoms with Crippen molar-refractivity contribution in [2.24, 2.45) is 0 Å². The Kier molecular flexibility index (Phi) is 5.13. The van der Waals surface area contributed by atoms with E-state index in [0.717, 1.165) is 18.6 Å². The molecular weight excluding hydrogens is 329 g/mol. The monoisotopic (exact) mass is 345 g/mol. The second kappa shape index (κ2) is 7.65. The molecule has 1 amide bonds. The fourth-order valence-electron chi connectivity index (χ4n) is 2.24. The molecule has 0 fully saturated rings. The normalized spacial score (nSPS) is 12.8. The molecule has 130 valence electrons. The van der Waals surface area contributed by atoms with E-state index in [-0.39, 0.29) is 5.56 Å². The number of rotatable bonds is 4. The highest BCUT2D eigenvalue weighted by molar-refractivity contribution is 5.95. The molecule has 0 bridgehead atoms. The lowest BCUT2D eigenvalue weighted by Gasteiger charge is -2.10. The third-order valence-electron chi connectivity index (χ3n) is 3.45. The van der Waals surface area contributed by atoms with Crippen molar-refractivity contribution in [3.63, 3.8) is 0 Å². The minimum Gasteiger partial charge on any atom is -0.490 e. The summed E-state index contributed by atoms with van der Waals surface area (Å²) in [6.45, 7) is 0.669. The second-order valence-electron chi connectivity index (χ2n) is 5.34. The number of ether oxygens (including phenoxy) is 3. The molecule has 2 aromatic carbocycles. The van der Waals surface area contributed by atoms with Gasteiger partial charge in [0.1, 0.15) is 5.82 Å². The zero-order chi connectivity index (χ0) is 17.6. The molecule has 0 aromatic heterocycles. The summed E-state index contributed by atoms with van der Waals surface area (Å²) in [6.07, 6.45) is 0.787. The number of nitrogens with one attached hydrogen (secondary N) is 1. The predicted molar refractivity (Wildman–Crippen MR) is 87.4 cm³/mol. The molecule has 25 heavy (non-hydrogen) atoms. The maximum atomic E-state index is 12.8. The molecule has 7 heteroatoms. The SMILES string of the molecule is O=C(COC(=O)c1ccc(F)cc1)Nc1ccc2c(c1)OCCCO2. The van der Waals surface area contributed by atoms with Crippen molar-refractivity contribution >= 4 is 17.6 Å². The van der Waals surface area contributed by atoms with Crippen molar-refractivity contribution in [3.8, 4) is 11.5 Å². The molecule has 6 nitrogen and oxygen atoms in total. The van der Waals surface area contributed by atoms with Gasteiger partial charge in [0.05, 0.1) is 18.8 Å². The second-order valence-corrected chi connectivity index (χ2v) is 5.34. The lowest BCUT2D eigenvalue weighted by atomic mass is 10.2. The number of hydrogen-bond acceptors (Lipinski definition) is 5. The standard InChI is InChI=1S/C18H16FNO5/c19-13-4-2-12(3-5-13)18(22)25-11-17(21)20-14-6-7-15-16(10-14)24-9-1-8-23-15/h2-7,10H,1,8-9,11H2,(H,20,21). The lowest BCUT2D eigenvalue weighted by Crippen LogP contribution is -2.21. The summed E-state index contributed by atoms with van der Waals surface area (Å²) in [6, 6.07) is 9.91. The highest BCUT2D eigenvalue weighted by Gasteiger charge is 2.13. The Morgan fingerprint density at radius 3 is 2.52 bits per heavy atom. The Balaban J connectivity index is 1.55. The number of amides is 1. The lowest BCUT2D eigenvalue weighted by molar-refractivity contribution is -0.119. The van der Waals surface area contributed by atoms with Crippen LogP contribution in [-0.2, 0) is 9.53 Å². The van der Waals surface area contributed by atoms with Crippen molar-refractivity contribution in [2.45, 2.75) is 6.42 Å². The summed E-state index contributed by atoms with van der Waals surface area (Å²) in [5.41, 5.74) is 0.678. The maximum Gasteiger partial charge on any atom is 0.338 e. The zero-order valence-corrected chi connectivity index (χ0v) is 13.3. The first-order valence-corrected chi connectivity index (χ1v) is 7.74. The van der Waals surface area contributed by atoms with E-state index in [1.165, 1.54) is 12.1 Å². The van der Waals surface area contributed by atoms with Crippen LogP contribution in [0.5, 0.6) is 11.5 Å². The molecule has 1 aliphatic rings. The minimum atomic E-state index is -0.700. The molecule has 0 atom stereocenters. The van der Waals surface area contributed by atoms with E-state index in [0.29, 0.717) is 30.4 Å². The molecule has 0 saturated carbocycles. The quantitative estimate of drug-likeness (QED) is 0.863. The number of carbonyl (C=O) groups excluding carboxylic acids is 2. The molecule has 0 spiro atoms. The van der Waals surface area contributed by atoms with Crippen molar-refractivity contribution in [1.82, 2.24) is 0 Å². The van der Waals surface area contributed by atoms with Gasteiger partial charge in [-0.05, 0) is 36.4 Å². The third-order valence-corrected chi connectivity index (χ3v) is 3.45. The first-order valence-electron chi connectivity index (χ1n) is 7.74. The molecule has 1 heterocycles. The van der Waals surface area contributed by atoms with Crippen LogP contribution in [0.1, 0.15) is 16.8 Å². The average Bonchev–Trinajstić information content (AvgIpc) is 2.85. The topological polar surface area (TPSA) is 73.9 Å². The molecule has 0 saturated heterocycles. The predicted octanol–water partition coefficient (Wildman–Crippen LogP) is 2.78. The number of esters is 1. The molecule has 3 rings (SSSR count). The molecule has 0 radical (unpaired) electrons. The Bertz CT molecular complexity index is 776. The molecule has 0 aliphatic carbocycles. The van der Waals surface area contributed by atoms with Gasteiger partial charge in [-0.1, -0.05) is 0 Å². The molecule has 1 aliphatic heterocycles. The zero-order valence-electron chi connectivity index (χ0n) is 13.3. The minimum absolute atomic E-state index is 0.171. The van der Waals surface area contributed by atoms with Gasteiger partial charge >= 0.3 is 5.97 Å². The van der Waals surface area contributed by atoms with Gasteiger partial charge in [0.15, 0.2) is 18.1 Å². The smallest absolute Gasteiger partial charge is 0.338 e. The first-order chi connectivity index (χ1) is 12.1. The van der Waals surface area contributed by atoms with Gasteiger partial charge in [-0.2, -0.15) is 0 Å². The van der Waals surface area contributed by atoms with Crippen LogP contribution in [0.15, 0.2) is 42.5 Å². The largest absolute Gasteiger partial charge is 0.490 e. The molecular formula is C18H16FNO5. The summed E-state index contributed by atoms with van der Waals surface area (Å²) in [5, 5.41) is 2.62. The summed E-state index contributed by atoms with van der Waals surface area (Å²) in [5.74, 6) is -0.473. The van der Waals surface area contributed by atoms with E-state index >= 15 is 0 Å². The fraction of sp³-hybridized carbons (Fsp3) is 0.222. The Morgan fingerprint density at radius 2 is 1.76 bits per heavy atom. The summed E-state index contributed by atoms with van der Waals surface area (Å²) in [4.78, 5) is 23.7. The molecule has 2 aromatic rings. The number of halogens is 1. The van der Waals surface area contributed by atoms with E-state index in [4.69, 9.17) is 14.2 Å². The fourth-order valence-corrected chi connectivity index (χ4v) is 2.24. The highest BCUT2D eigenvalue weighted by Crippen LogP contribution is 2.32. The number of hydrogen-bond donors (Lipinski definition) is 1. The van der Waals surface area contributed by atoms with Crippen molar-refractivity contribution in [3.05, 3.63) is 53.8 Å². The first kappa shape index (κ1) is 16.8. The Morgan fingerprint density at radius 1 is 1.04 bits per heavy atom. The van der Waals surface area contributed by atoms with Crippen LogP contribution < -0.4 is 14.8 Å². The van der Waals surface area contributed by atoms with Crippen LogP contribution in [0, 0.1) is 5.82 Å². The van der Waals surface area contributed by atoms with Crippen LogP contribution in [0.2, 0.25) is 0 Å². The van der Waals surface area contributed by atoms with E-state index in [1.807, 2.05) is 0 Å². The maximum absolute atomic E-state index is 12.8. The molecule has 0 unspecified atom stereocenters. The van der Waals surface area contributed by atoms with Gasteiger partial charge in [-0.25, -0.2) is 9.18 Å². The number of anilines is 1. The van der Waals surface area contributed by atoms with Gasteiger partial charge in [-0.15, -0.1) is 0 Å². The van der Waals surface area contributed by atoms with Crippen molar-refractivity contribution in [1.29, 1.82) is 0 Å². The summed E-state index contributed by atoms with van der Waals surface area (Å²) in [7, 11) is 0. The van der Waals surface area contributed by atoms with E-state index in [1.54, 1.807) is 18.2 Å². The highest BCUT2D eigenvalue weighted by atomic mass is 19.1. The Hall–Kier alpha value is -3.09. The van der Waals surface area contributed by atoms with Gasteiger partial charge in [-0.3, -0.25) is 4.79 Å². The average molecular weight is 345 g/mol. The van der Waals surface area contributed by atoms with Gasteiger partial charge in [0.2, 0.25) is 0 Å². The summed E-state index contributed by atoms with van der Waals surface area (Å²) >= 11 is 0. The number of carbonyl (C=O) groups is 2. The van der Waals surface area contributed by atoms with Gasteiger partial charge < -0.3 is 19.5 Å². The van der Waals surface area contributed by atoms with Crippen molar-refractivity contribution in [2.75, 3.05) is 25.1 Å². The van der Waals surface area contributed by atoms with E-state index < -0.39 is 24.3 Å². The van der Waals surface area contributed by atoms with Crippen molar-refractivity contribution < 1.29 is 28.2 Å². The van der Waals surface area contributed by atoms with Crippen LogP contribution >= 0.6 is 0 Å². The van der Waals surface area contributed by atoms with Crippen LogP contribution in [0.25, 0.3) is 0 Å². The van der Waals surface area contributed by atoms with Crippen LogP contribution in [0.3, 0.4) is 0 Å². The van der Waals surface area contributed by atoms with Crippen LogP contribution in [-0.4, -0.2) is 31.7 Å². The van der Waals surface area contributed by atoms with Crippen LogP contribution in [0.4, 0.5) is 10.1 Å². The third kappa shape index (κ3) is 4.47. The number of fused-ring (bicyclic) bond motifs is 1. The number of benzene rings is 2. The molecule has 1 N–H and O–H groups in total.